The molecule has 0 saturated heterocycles. The van der Waals surface area contributed by atoms with E-state index in [0.29, 0.717) is 42.9 Å². The summed E-state index contributed by atoms with van der Waals surface area (Å²) in [6.07, 6.45) is 4.58. The molecule has 0 radical (unpaired) electrons. The fourth-order valence-electron chi connectivity index (χ4n) is 3.79. The van der Waals surface area contributed by atoms with Crippen molar-refractivity contribution in [3.63, 3.8) is 0 Å². The lowest BCUT2D eigenvalue weighted by Gasteiger charge is -2.28. The Labute approximate surface area is 186 Å². The number of hydrogen-bond donors (Lipinski definition) is 2. The minimum atomic E-state index is -0.209. The van der Waals surface area contributed by atoms with Crippen molar-refractivity contribution >= 4 is 23.6 Å². The molecule has 0 spiro atoms. The number of hydrogen-bond acceptors (Lipinski definition) is 6. The van der Waals surface area contributed by atoms with Crippen LogP contribution in [0, 0.1) is 0 Å². The Hall–Kier alpha value is -3.91. The van der Waals surface area contributed by atoms with Crippen LogP contribution in [0.15, 0.2) is 60.9 Å². The minimum absolute atomic E-state index is 0.209. The SMILES string of the molecule is CCN(N)/C=C(\N)c1cccc(Cc2ccc(N3CCn4ncc(C=O)c4C3=O)cc2)c1. The summed E-state index contributed by atoms with van der Waals surface area (Å²) >= 11 is 0. The van der Waals surface area contributed by atoms with Crippen molar-refractivity contribution in [1.29, 1.82) is 0 Å². The first kappa shape index (κ1) is 21.3. The zero-order valence-electron chi connectivity index (χ0n) is 17.9. The second-order valence-electron chi connectivity index (χ2n) is 7.70. The standard InChI is InChI=1S/C24H26N6O2/c1-2-28(26)15-22(25)19-5-3-4-18(13-19)12-17-6-8-21(9-7-17)29-10-11-30-23(24(29)32)20(16-31)14-27-30/h3-9,13-16H,2,10-12,25-26H2,1H3/b22-15-. The average molecular weight is 431 g/mol. The molecule has 8 nitrogen and oxygen atoms in total. The van der Waals surface area contributed by atoms with Gasteiger partial charge in [0.05, 0.1) is 24.0 Å². The molecule has 1 aliphatic rings. The number of nitrogens with two attached hydrogens (primary N) is 2. The van der Waals surface area contributed by atoms with Gasteiger partial charge in [-0.3, -0.25) is 14.3 Å². The molecule has 2 aromatic carbocycles. The number of nitrogens with zero attached hydrogens (tertiary/aromatic N) is 4. The van der Waals surface area contributed by atoms with Crippen LogP contribution in [0.3, 0.4) is 0 Å². The van der Waals surface area contributed by atoms with E-state index >= 15 is 0 Å². The lowest BCUT2D eigenvalue weighted by atomic mass is 10.0. The van der Waals surface area contributed by atoms with Crippen LogP contribution in [-0.4, -0.2) is 40.1 Å². The molecular weight excluding hydrogens is 404 g/mol. The first-order valence-corrected chi connectivity index (χ1v) is 10.5. The molecule has 1 aromatic heterocycles. The van der Waals surface area contributed by atoms with Crippen molar-refractivity contribution in [2.45, 2.75) is 19.9 Å². The summed E-state index contributed by atoms with van der Waals surface area (Å²) < 4.78 is 1.59. The van der Waals surface area contributed by atoms with Gasteiger partial charge in [-0.25, -0.2) is 5.84 Å². The van der Waals surface area contributed by atoms with Crippen molar-refractivity contribution in [2.75, 3.05) is 18.0 Å². The number of fused-ring (bicyclic) bond motifs is 1. The summed E-state index contributed by atoms with van der Waals surface area (Å²) in [5, 5.41) is 5.67. The fraction of sp³-hybridized carbons (Fsp3) is 0.208. The molecule has 2 heterocycles. The summed E-state index contributed by atoms with van der Waals surface area (Å²) in [5.41, 5.74) is 11.4. The van der Waals surface area contributed by atoms with Gasteiger partial charge in [0, 0.05) is 25.0 Å². The van der Waals surface area contributed by atoms with E-state index in [-0.39, 0.29) is 5.91 Å². The number of carbonyl (C=O) groups excluding carboxylic acids is 2. The normalized spacial score (nSPS) is 13.8. The Morgan fingerprint density at radius 1 is 1.16 bits per heavy atom. The lowest BCUT2D eigenvalue weighted by Crippen LogP contribution is -2.41. The van der Waals surface area contributed by atoms with Crippen LogP contribution >= 0.6 is 0 Å². The van der Waals surface area contributed by atoms with E-state index < -0.39 is 0 Å². The average Bonchev–Trinajstić information content (AvgIpc) is 3.24. The molecule has 4 N–H and O–H groups in total. The van der Waals surface area contributed by atoms with Crippen molar-refractivity contribution in [1.82, 2.24) is 14.8 Å². The maximum absolute atomic E-state index is 12.9. The van der Waals surface area contributed by atoms with Gasteiger partial charge in [-0.2, -0.15) is 5.10 Å². The molecule has 0 unspecified atom stereocenters. The maximum Gasteiger partial charge on any atom is 0.277 e. The quantitative estimate of drug-likeness (QED) is 0.338. The van der Waals surface area contributed by atoms with Crippen LogP contribution in [-0.2, 0) is 13.0 Å². The molecule has 0 bridgehead atoms. The summed E-state index contributed by atoms with van der Waals surface area (Å²) in [7, 11) is 0. The highest BCUT2D eigenvalue weighted by Gasteiger charge is 2.29. The van der Waals surface area contributed by atoms with Gasteiger partial charge >= 0.3 is 0 Å². The first-order valence-electron chi connectivity index (χ1n) is 10.5. The van der Waals surface area contributed by atoms with Gasteiger partial charge in [0.15, 0.2) is 6.29 Å². The smallest absolute Gasteiger partial charge is 0.277 e. The van der Waals surface area contributed by atoms with Gasteiger partial charge < -0.3 is 15.6 Å². The van der Waals surface area contributed by atoms with E-state index in [2.05, 4.69) is 17.2 Å². The molecule has 0 aliphatic carbocycles. The van der Waals surface area contributed by atoms with Crippen LogP contribution in [0.1, 0.15) is 44.5 Å². The first-order chi connectivity index (χ1) is 15.5. The zero-order valence-corrected chi connectivity index (χ0v) is 17.9. The van der Waals surface area contributed by atoms with E-state index in [4.69, 9.17) is 11.6 Å². The molecule has 0 fully saturated rings. The van der Waals surface area contributed by atoms with E-state index in [1.807, 2.05) is 43.3 Å². The number of carbonyl (C=O) groups is 2. The Bertz CT molecular complexity index is 1170. The third-order valence-electron chi connectivity index (χ3n) is 5.56. The van der Waals surface area contributed by atoms with E-state index in [1.165, 1.54) is 6.20 Å². The number of anilines is 1. The Morgan fingerprint density at radius 2 is 1.94 bits per heavy atom. The highest BCUT2D eigenvalue weighted by atomic mass is 16.2. The highest BCUT2D eigenvalue weighted by Crippen LogP contribution is 2.24. The second kappa shape index (κ2) is 9.07. The topological polar surface area (TPSA) is 110 Å². The highest BCUT2D eigenvalue weighted by molar-refractivity contribution is 6.09. The van der Waals surface area contributed by atoms with E-state index in [0.717, 1.165) is 28.8 Å². The summed E-state index contributed by atoms with van der Waals surface area (Å²) in [5.74, 6) is 5.61. The number of amides is 1. The Balaban J connectivity index is 1.49. The maximum atomic E-state index is 12.9. The van der Waals surface area contributed by atoms with Gasteiger partial charge in [0.25, 0.3) is 5.91 Å². The van der Waals surface area contributed by atoms with E-state index in [1.54, 1.807) is 20.8 Å². The number of hydrazine groups is 1. The predicted molar refractivity (Wildman–Crippen MR) is 124 cm³/mol. The Morgan fingerprint density at radius 3 is 2.66 bits per heavy atom. The van der Waals surface area contributed by atoms with Crippen LogP contribution in [0.5, 0.6) is 0 Å². The fourth-order valence-corrected chi connectivity index (χ4v) is 3.79. The van der Waals surface area contributed by atoms with Gasteiger partial charge in [-0.05, 0) is 48.2 Å². The van der Waals surface area contributed by atoms with Crippen molar-refractivity contribution in [3.8, 4) is 0 Å². The Kier molecular flexibility index (Phi) is 6.04. The monoisotopic (exact) mass is 430 g/mol. The van der Waals surface area contributed by atoms with Gasteiger partial charge in [-0.15, -0.1) is 0 Å². The van der Waals surface area contributed by atoms with Crippen molar-refractivity contribution in [3.05, 3.63) is 88.9 Å². The molecule has 3 aromatic rings. The molecule has 0 saturated carbocycles. The summed E-state index contributed by atoms with van der Waals surface area (Å²) in [4.78, 5) is 25.8. The number of benzene rings is 2. The zero-order chi connectivity index (χ0) is 22.7. The summed E-state index contributed by atoms with van der Waals surface area (Å²) in [6.45, 7) is 3.69. The third kappa shape index (κ3) is 4.26. The van der Waals surface area contributed by atoms with E-state index in [9.17, 15) is 9.59 Å². The van der Waals surface area contributed by atoms with Crippen molar-refractivity contribution in [2.24, 2.45) is 11.6 Å². The minimum Gasteiger partial charge on any atom is -0.397 e. The lowest BCUT2D eigenvalue weighted by molar-refractivity contribution is 0.0956. The van der Waals surface area contributed by atoms with Crippen LogP contribution < -0.4 is 16.5 Å². The molecule has 164 valence electrons. The molecule has 1 amide bonds. The van der Waals surface area contributed by atoms with Gasteiger partial charge in [0.1, 0.15) is 5.69 Å². The van der Waals surface area contributed by atoms with Crippen LogP contribution in [0.2, 0.25) is 0 Å². The number of aromatic nitrogens is 2. The van der Waals surface area contributed by atoms with Crippen LogP contribution in [0.25, 0.3) is 5.70 Å². The van der Waals surface area contributed by atoms with Crippen LogP contribution in [0.4, 0.5) is 5.69 Å². The molecule has 4 rings (SSSR count). The predicted octanol–water partition coefficient (Wildman–Crippen LogP) is 2.40. The molecular formula is C24H26N6O2. The number of aldehydes is 1. The second-order valence-corrected chi connectivity index (χ2v) is 7.70. The summed E-state index contributed by atoms with van der Waals surface area (Å²) in [6, 6.07) is 16.0. The molecule has 1 aliphatic heterocycles. The van der Waals surface area contributed by atoms with Gasteiger partial charge in [0.2, 0.25) is 0 Å². The van der Waals surface area contributed by atoms with Crippen molar-refractivity contribution < 1.29 is 9.59 Å². The van der Waals surface area contributed by atoms with Gasteiger partial charge in [-0.1, -0.05) is 30.3 Å². The third-order valence-corrected chi connectivity index (χ3v) is 5.56. The molecule has 32 heavy (non-hydrogen) atoms. The largest absolute Gasteiger partial charge is 0.397 e. The molecule has 8 heteroatoms. The molecule has 0 atom stereocenters. The number of rotatable bonds is 7.